The quantitative estimate of drug-likeness (QED) is 0.834. The molecule has 1 amide bonds. The highest BCUT2D eigenvalue weighted by atomic mass is 35.5. The monoisotopic (exact) mass is 277 g/mol. The van der Waals surface area contributed by atoms with Crippen molar-refractivity contribution >= 4 is 34.8 Å². The van der Waals surface area contributed by atoms with E-state index in [1.807, 2.05) is 30.3 Å². The first kappa shape index (κ1) is 11.6. The Hall–Kier alpha value is -1.51. The van der Waals surface area contributed by atoms with Crippen molar-refractivity contribution in [3.05, 3.63) is 52.0 Å². The first-order valence-corrected chi connectivity index (χ1v) is 6.28. The van der Waals surface area contributed by atoms with Crippen LogP contribution >= 0.6 is 23.2 Å². The number of fused-ring (bicyclic) bond motifs is 1. The zero-order valence-electron chi connectivity index (χ0n) is 9.34. The third-order valence-corrected chi connectivity index (χ3v) is 3.83. The van der Waals surface area contributed by atoms with Gasteiger partial charge in [-0.3, -0.25) is 4.79 Å². The largest absolute Gasteiger partial charge is 0.325 e. The Kier molecular flexibility index (Phi) is 2.77. The number of benzene rings is 2. The molecule has 2 aromatic carbocycles. The average Bonchev–Trinajstić information content (AvgIpc) is 2.77. The second-order valence-electron chi connectivity index (χ2n) is 4.16. The smallest absolute Gasteiger partial charge is 0.228 e. The van der Waals surface area contributed by atoms with Crippen molar-refractivity contribution in [1.82, 2.24) is 0 Å². The van der Waals surface area contributed by atoms with Crippen LogP contribution in [0.5, 0.6) is 0 Å². The average molecular weight is 278 g/mol. The first-order valence-electron chi connectivity index (χ1n) is 5.53. The minimum absolute atomic E-state index is 0.0497. The van der Waals surface area contributed by atoms with E-state index in [-0.39, 0.29) is 12.3 Å². The molecule has 4 heteroatoms. The van der Waals surface area contributed by atoms with Crippen molar-refractivity contribution in [2.45, 2.75) is 6.42 Å². The molecule has 3 rings (SSSR count). The Balaban J connectivity index is 2.26. The van der Waals surface area contributed by atoms with Crippen LogP contribution in [0.25, 0.3) is 11.1 Å². The zero-order chi connectivity index (χ0) is 12.7. The van der Waals surface area contributed by atoms with E-state index in [0.717, 1.165) is 22.4 Å². The van der Waals surface area contributed by atoms with Gasteiger partial charge in [-0.2, -0.15) is 0 Å². The predicted molar refractivity (Wildman–Crippen MR) is 74.2 cm³/mol. The van der Waals surface area contributed by atoms with Crippen LogP contribution in [-0.2, 0) is 11.2 Å². The van der Waals surface area contributed by atoms with Gasteiger partial charge in [0, 0.05) is 11.1 Å². The van der Waals surface area contributed by atoms with Gasteiger partial charge in [0.2, 0.25) is 5.91 Å². The first-order chi connectivity index (χ1) is 8.66. The number of carbonyl (C=O) groups excluding carboxylic acids is 1. The van der Waals surface area contributed by atoms with Crippen LogP contribution < -0.4 is 5.32 Å². The van der Waals surface area contributed by atoms with Gasteiger partial charge in [-0.25, -0.2) is 0 Å². The summed E-state index contributed by atoms with van der Waals surface area (Å²) >= 11 is 12.3. The highest BCUT2D eigenvalue weighted by Gasteiger charge is 2.25. The van der Waals surface area contributed by atoms with Gasteiger partial charge >= 0.3 is 0 Å². The lowest BCUT2D eigenvalue weighted by Gasteiger charge is -2.11. The SMILES string of the molecule is O=C1Cc2c(Cl)c(Cl)cc(-c3ccccc3)c2N1. The number of amides is 1. The fraction of sp³-hybridized carbons (Fsp3) is 0.0714. The minimum Gasteiger partial charge on any atom is -0.325 e. The summed E-state index contributed by atoms with van der Waals surface area (Å²) in [5, 5.41) is 3.79. The highest BCUT2D eigenvalue weighted by Crippen LogP contribution is 2.42. The van der Waals surface area contributed by atoms with Crippen LogP contribution in [0.1, 0.15) is 5.56 Å². The van der Waals surface area contributed by atoms with E-state index in [0.29, 0.717) is 10.0 Å². The molecule has 0 saturated heterocycles. The molecule has 2 nitrogen and oxygen atoms in total. The molecular weight excluding hydrogens is 269 g/mol. The molecule has 0 spiro atoms. The molecule has 90 valence electrons. The second-order valence-corrected chi connectivity index (χ2v) is 4.95. The van der Waals surface area contributed by atoms with Crippen LogP contribution in [0.3, 0.4) is 0 Å². The molecule has 0 fully saturated rings. The number of halogens is 2. The van der Waals surface area contributed by atoms with Crippen LogP contribution in [-0.4, -0.2) is 5.91 Å². The molecule has 0 saturated carbocycles. The Bertz CT molecular complexity index is 638. The molecule has 0 atom stereocenters. The molecule has 0 aromatic heterocycles. The molecule has 1 heterocycles. The Morgan fingerprint density at radius 2 is 1.83 bits per heavy atom. The van der Waals surface area contributed by atoms with Gasteiger partial charge in [-0.15, -0.1) is 0 Å². The van der Waals surface area contributed by atoms with Gasteiger partial charge < -0.3 is 5.32 Å². The number of nitrogens with one attached hydrogen (secondary N) is 1. The number of hydrogen-bond donors (Lipinski definition) is 1. The van der Waals surface area contributed by atoms with Crippen molar-refractivity contribution in [2.24, 2.45) is 0 Å². The molecule has 0 bridgehead atoms. The molecule has 0 aliphatic carbocycles. The Morgan fingerprint density at radius 3 is 2.56 bits per heavy atom. The van der Waals surface area contributed by atoms with E-state index in [1.54, 1.807) is 6.07 Å². The molecular formula is C14H9Cl2NO. The van der Waals surface area contributed by atoms with E-state index in [1.165, 1.54) is 0 Å². The van der Waals surface area contributed by atoms with Crippen LogP contribution in [0, 0.1) is 0 Å². The summed E-state index contributed by atoms with van der Waals surface area (Å²) in [6.45, 7) is 0. The van der Waals surface area contributed by atoms with E-state index in [4.69, 9.17) is 23.2 Å². The summed E-state index contributed by atoms with van der Waals surface area (Å²) < 4.78 is 0. The van der Waals surface area contributed by atoms with Gasteiger partial charge in [0.1, 0.15) is 0 Å². The van der Waals surface area contributed by atoms with Crippen molar-refractivity contribution in [3.63, 3.8) is 0 Å². The summed E-state index contributed by atoms with van der Waals surface area (Å²) in [6.07, 6.45) is 0.286. The molecule has 0 unspecified atom stereocenters. The third-order valence-electron chi connectivity index (χ3n) is 3.00. The maximum atomic E-state index is 11.5. The van der Waals surface area contributed by atoms with E-state index >= 15 is 0 Å². The summed E-state index contributed by atoms with van der Waals surface area (Å²) in [4.78, 5) is 11.5. The van der Waals surface area contributed by atoms with Gasteiger partial charge in [0.15, 0.2) is 0 Å². The van der Waals surface area contributed by atoms with Crippen molar-refractivity contribution in [3.8, 4) is 11.1 Å². The Labute approximate surface area is 115 Å². The third kappa shape index (κ3) is 1.78. The summed E-state index contributed by atoms with van der Waals surface area (Å²) in [7, 11) is 0. The van der Waals surface area contributed by atoms with E-state index in [9.17, 15) is 4.79 Å². The maximum absolute atomic E-state index is 11.5. The number of hydrogen-bond acceptors (Lipinski definition) is 1. The summed E-state index contributed by atoms with van der Waals surface area (Å²) in [5.41, 5.74) is 3.48. The maximum Gasteiger partial charge on any atom is 0.228 e. The normalized spacial score (nSPS) is 13.3. The van der Waals surface area contributed by atoms with Gasteiger partial charge in [0.25, 0.3) is 0 Å². The van der Waals surface area contributed by atoms with Crippen LogP contribution in [0.4, 0.5) is 5.69 Å². The predicted octanol–water partition coefficient (Wildman–Crippen LogP) is 4.16. The van der Waals surface area contributed by atoms with Crippen molar-refractivity contribution < 1.29 is 4.79 Å². The summed E-state index contributed by atoms with van der Waals surface area (Å²) in [6, 6.07) is 11.6. The zero-order valence-corrected chi connectivity index (χ0v) is 10.8. The number of rotatable bonds is 1. The van der Waals surface area contributed by atoms with E-state index in [2.05, 4.69) is 5.32 Å². The molecule has 2 aromatic rings. The van der Waals surface area contributed by atoms with Crippen molar-refractivity contribution in [2.75, 3.05) is 5.32 Å². The van der Waals surface area contributed by atoms with Crippen molar-refractivity contribution in [1.29, 1.82) is 0 Å². The summed E-state index contributed by atoms with van der Waals surface area (Å²) in [5.74, 6) is -0.0497. The van der Waals surface area contributed by atoms with E-state index < -0.39 is 0 Å². The van der Waals surface area contributed by atoms with Gasteiger partial charge in [0.05, 0.1) is 22.2 Å². The molecule has 18 heavy (non-hydrogen) atoms. The minimum atomic E-state index is -0.0497. The number of carbonyl (C=O) groups is 1. The highest BCUT2D eigenvalue weighted by molar-refractivity contribution is 6.43. The lowest BCUT2D eigenvalue weighted by atomic mass is 10.0. The molecule has 1 N–H and O–H groups in total. The fourth-order valence-corrected chi connectivity index (χ4v) is 2.62. The lowest BCUT2D eigenvalue weighted by molar-refractivity contribution is -0.115. The number of anilines is 1. The van der Waals surface area contributed by atoms with Gasteiger partial charge in [-0.1, -0.05) is 53.5 Å². The second kappa shape index (κ2) is 4.30. The standard InChI is InChI=1S/C14H9Cl2NO/c15-11-6-9(8-4-2-1-3-5-8)14-10(13(11)16)7-12(18)17-14/h1-6H,7H2,(H,17,18). The topological polar surface area (TPSA) is 29.1 Å². The fourth-order valence-electron chi connectivity index (χ4n) is 2.18. The Morgan fingerprint density at radius 1 is 1.11 bits per heavy atom. The molecule has 1 aliphatic rings. The lowest BCUT2D eigenvalue weighted by Crippen LogP contribution is -2.04. The van der Waals surface area contributed by atoms with Crippen LogP contribution in [0.15, 0.2) is 36.4 Å². The van der Waals surface area contributed by atoms with Crippen LogP contribution in [0.2, 0.25) is 10.0 Å². The molecule has 0 radical (unpaired) electrons. The molecule has 1 aliphatic heterocycles. The van der Waals surface area contributed by atoms with Gasteiger partial charge in [-0.05, 0) is 11.6 Å².